The summed E-state index contributed by atoms with van der Waals surface area (Å²) in [5, 5.41) is 7.19. The summed E-state index contributed by atoms with van der Waals surface area (Å²) in [6.07, 6.45) is 2.20. The van der Waals surface area contributed by atoms with Crippen LogP contribution in [0.15, 0.2) is 24.3 Å². The lowest BCUT2D eigenvalue weighted by Crippen LogP contribution is -2.42. The van der Waals surface area contributed by atoms with Gasteiger partial charge in [-0.25, -0.2) is 0 Å². The molecular weight excluding hydrogens is 334 g/mol. The third-order valence-electron chi connectivity index (χ3n) is 4.82. The number of carbonyl (C=O) groups excluding carboxylic acids is 1. The van der Waals surface area contributed by atoms with Gasteiger partial charge in [0.05, 0.1) is 13.0 Å². The van der Waals surface area contributed by atoms with Crippen LogP contribution in [0.4, 0.5) is 0 Å². The normalized spacial score (nSPS) is 22.8. The first-order chi connectivity index (χ1) is 12.0. The predicted molar refractivity (Wildman–Crippen MR) is 103 cm³/mol. The Morgan fingerprint density at radius 1 is 1.24 bits per heavy atom. The molecule has 1 aromatic rings. The monoisotopic (exact) mass is 361 g/mol. The van der Waals surface area contributed by atoms with Crippen LogP contribution in [0.2, 0.25) is 0 Å². The first kappa shape index (κ1) is 18.0. The molecular formula is C19H27N3O2S. The summed E-state index contributed by atoms with van der Waals surface area (Å²) in [5.74, 6) is 1.03. The molecule has 1 saturated heterocycles. The van der Waals surface area contributed by atoms with Crippen molar-refractivity contribution in [3.8, 4) is 5.75 Å². The molecule has 1 amide bonds. The van der Waals surface area contributed by atoms with Crippen molar-refractivity contribution in [3.05, 3.63) is 29.8 Å². The molecule has 25 heavy (non-hydrogen) atoms. The molecule has 2 atom stereocenters. The molecule has 5 nitrogen and oxygen atoms in total. The molecule has 0 bridgehead atoms. The van der Waals surface area contributed by atoms with Crippen LogP contribution >= 0.6 is 12.2 Å². The Hall–Kier alpha value is -1.82. The molecule has 1 saturated carbocycles. The Balaban J connectivity index is 1.77. The largest absolute Gasteiger partial charge is 0.497 e. The van der Waals surface area contributed by atoms with Crippen LogP contribution in [-0.2, 0) is 4.79 Å². The Kier molecular flexibility index (Phi) is 5.47. The molecule has 0 radical (unpaired) electrons. The highest BCUT2D eigenvalue weighted by molar-refractivity contribution is 7.80. The smallest absolute Gasteiger partial charge is 0.225 e. The summed E-state index contributed by atoms with van der Waals surface area (Å²) in [6, 6.07) is 8.69. The van der Waals surface area contributed by atoms with Crippen molar-refractivity contribution < 1.29 is 9.53 Å². The van der Waals surface area contributed by atoms with Crippen LogP contribution in [0.1, 0.15) is 38.2 Å². The van der Waals surface area contributed by atoms with Gasteiger partial charge in [0, 0.05) is 31.1 Å². The number of likely N-dealkylation sites (tertiary alicyclic amines) is 1. The van der Waals surface area contributed by atoms with Gasteiger partial charge in [0.1, 0.15) is 5.75 Å². The number of rotatable bonds is 5. The zero-order valence-electron chi connectivity index (χ0n) is 15.1. The maximum atomic E-state index is 12.8. The fourth-order valence-electron chi connectivity index (χ4n) is 3.30. The van der Waals surface area contributed by atoms with E-state index in [1.807, 2.05) is 12.1 Å². The van der Waals surface area contributed by atoms with Crippen molar-refractivity contribution in [1.29, 1.82) is 0 Å². The average Bonchev–Trinajstić information content (AvgIpc) is 3.28. The Morgan fingerprint density at radius 2 is 1.92 bits per heavy atom. The summed E-state index contributed by atoms with van der Waals surface area (Å²) in [6.45, 7) is 5.56. The predicted octanol–water partition coefficient (Wildman–Crippen LogP) is 2.27. The van der Waals surface area contributed by atoms with Gasteiger partial charge in [-0.15, -0.1) is 0 Å². The third-order valence-corrected chi connectivity index (χ3v) is 5.20. The lowest BCUT2D eigenvalue weighted by atomic mass is 9.88. The number of ether oxygens (including phenoxy) is 1. The standard InChI is InChI=1S/C19H27N3O2S/c1-12(2)20-19(25)22-10-16(13-4-8-15(24-3)9-5-13)17(11-22)18(23)21-14-6-7-14/h4-5,8-9,12,14,16-17H,6-7,10-11H2,1-3H3,(H,20,25)(H,21,23)/t16-,17-/m1/s1. The molecule has 2 aliphatic rings. The Bertz CT molecular complexity index is 628. The number of thiocarbonyl (C=S) groups is 1. The second-order valence-electron chi connectivity index (χ2n) is 7.28. The van der Waals surface area contributed by atoms with E-state index >= 15 is 0 Å². The van der Waals surface area contributed by atoms with Gasteiger partial charge in [-0.2, -0.15) is 0 Å². The van der Waals surface area contributed by atoms with E-state index in [4.69, 9.17) is 17.0 Å². The van der Waals surface area contributed by atoms with Crippen LogP contribution in [0.5, 0.6) is 5.75 Å². The van der Waals surface area contributed by atoms with E-state index in [-0.39, 0.29) is 23.8 Å². The lowest BCUT2D eigenvalue weighted by molar-refractivity contribution is -0.125. The number of amides is 1. The molecule has 1 heterocycles. The summed E-state index contributed by atoms with van der Waals surface area (Å²) < 4.78 is 5.25. The topological polar surface area (TPSA) is 53.6 Å². The highest BCUT2D eigenvalue weighted by Gasteiger charge is 2.40. The zero-order chi connectivity index (χ0) is 18.0. The molecule has 0 spiro atoms. The van der Waals surface area contributed by atoms with Gasteiger partial charge < -0.3 is 20.3 Å². The minimum absolute atomic E-state index is 0.0825. The molecule has 2 N–H and O–H groups in total. The summed E-state index contributed by atoms with van der Waals surface area (Å²) >= 11 is 5.54. The minimum atomic E-state index is -0.0825. The second-order valence-corrected chi connectivity index (χ2v) is 7.66. The van der Waals surface area contributed by atoms with Gasteiger partial charge in [-0.05, 0) is 56.6 Å². The molecule has 1 aliphatic carbocycles. The molecule has 2 fully saturated rings. The highest BCUT2D eigenvalue weighted by atomic mass is 32.1. The van der Waals surface area contributed by atoms with Crippen LogP contribution in [0.3, 0.4) is 0 Å². The molecule has 136 valence electrons. The van der Waals surface area contributed by atoms with E-state index < -0.39 is 0 Å². The Morgan fingerprint density at radius 3 is 2.48 bits per heavy atom. The molecule has 1 aliphatic heterocycles. The number of benzene rings is 1. The average molecular weight is 362 g/mol. The molecule has 1 aromatic carbocycles. The highest BCUT2D eigenvalue weighted by Crippen LogP contribution is 2.34. The van der Waals surface area contributed by atoms with E-state index in [0.717, 1.165) is 35.8 Å². The van der Waals surface area contributed by atoms with Crippen LogP contribution in [0.25, 0.3) is 0 Å². The number of nitrogens with zero attached hydrogens (tertiary/aromatic N) is 1. The van der Waals surface area contributed by atoms with Crippen LogP contribution in [-0.4, -0.2) is 48.2 Å². The van der Waals surface area contributed by atoms with E-state index in [0.29, 0.717) is 12.6 Å². The SMILES string of the molecule is COc1ccc([C@H]2CN(C(=S)NC(C)C)C[C@H]2C(=O)NC2CC2)cc1. The summed E-state index contributed by atoms with van der Waals surface area (Å²) in [4.78, 5) is 14.9. The fraction of sp³-hybridized carbons (Fsp3) is 0.579. The number of carbonyl (C=O) groups is 1. The number of methoxy groups -OCH3 is 1. The maximum Gasteiger partial charge on any atom is 0.225 e. The van der Waals surface area contributed by atoms with Gasteiger partial charge in [-0.1, -0.05) is 12.1 Å². The van der Waals surface area contributed by atoms with Gasteiger partial charge >= 0.3 is 0 Å². The van der Waals surface area contributed by atoms with Gasteiger partial charge in [0.15, 0.2) is 5.11 Å². The molecule has 0 aromatic heterocycles. The number of hydrogen-bond donors (Lipinski definition) is 2. The first-order valence-electron chi connectivity index (χ1n) is 8.97. The van der Waals surface area contributed by atoms with Crippen molar-refractivity contribution >= 4 is 23.2 Å². The first-order valence-corrected chi connectivity index (χ1v) is 9.38. The minimum Gasteiger partial charge on any atom is -0.497 e. The third kappa shape index (κ3) is 4.42. The number of hydrogen-bond acceptors (Lipinski definition) is 3. The summed E-state index contributed by atoms with van der Waals surface area (Å²) in [7, 11) is 1.66. The molecule has 0 unspecified atom stereocenters. The van der Waals surface area contributed by atoms with Gasteiger partial charge in [-0.3, -0.25) is 4.79 Å². The maximum absolute atomic E-state index is 12.8. The second kappa shape index (κ2) is 7.60. The van der Waals surface area contributed by atoms with E-state index in [9.17, 15) is 4.79 Å². The van der Waals surface area contributed by atoms with Crippen molar-refractivity contribution in [2.24, 2.45) is 5.92 Å². The van der Waals surface area contributed by atoms with Crippen LogP contribution < -0.4 is 15.4 Å². The van der Waals surface area contributed by atoms with Gasteiger partial charge in [0.25, 0.3) is 0 Å². The van der Waals surface area contributed by atoms with Crippen LogP contribution in [0, 0.1) is 5.92 Å². The Labute approximate surface area is 155 Å². The number of nitrogens with one attached hydrogen (secondary N) is 2. The van der Waals surface area contributed by atoms with Crippen molar-refractivity contribution in [1.82, 2.24) is 15.5 Å². The van der Waals surface area contributed by atoms with Gasteiger partial charge in [0.2, 0.25) is 5.91 Å². The summed E-state index contributed by atoms with van der Waals surface area (Å²) in [5.41, 5.74) is 1.16. The quantitative estimate of drug-likeness (QED) is 0.788. The molecule has 6 heteroatoms. The van der Waals surface area contributed by atoms with E-state index in [1.165, 1.54) is 0 Å². The van der Waals surface area contributed by atoms with E-state index in [1.54, 1.807) is 7.11 Å². The van der Waals surface area contributed by atoms with Crippen molar-refractivity contribution in [2.75, 3.05) is 20.2 Å². The van der Waals surface area contributed by atoms with E-state index in [2.05, 4.69) is 41.5 Å². The van der Waals surface area contributed by atoms with Crippen molar-refractivity contribution in [3.63, 3.8) is 0 Å². The molecule has 3 rings (SSSR count). The van der Waals surface area contributed by atoms with Crippen molar-refractivity contribution in [2.45, 2.75) is 44.7 Å². The lowest BCUT2D eigenvalue weighted by Gasteiger charge is -2.22. The zero-order valence-corrected chi connectivity index (χ0v) is 15.9. The fourth-order valence-corrected chi connectivity index (χ4v) is 3.68.